The number of tetrazole rings is 1. The number of benzene rings is 2. The molecule has 1 unspecified atom stereocenters. The second-order valence-electron chi connectivity index (χ2n) is 6.52. The summed E-state index contributed by atoms with van der Waals surface area (Å²) in [5.41, 5.74) is -0.659. The van der Waals surface area contributed by atoms with Gasteiger partial charge in [-0.1, -0.05) is 24.3 Å². The molecule has 0 bridgehead atoms. The van der Waals surface area contributed by atoms with Crippen LogP contribution in [0.5, 0.6) is 11.5 Å². The summed E-state index contributed by atoms with van der Waals surface area (Å²) in [6.07, 6.45) is -4.83. The molecule has 2 heterocycles. The van der Waals surface area contributed by atoms with E-state index in [1.165, 1.54) is 12.1 Å². The summed E-state index contributed by atoms with van der Waals surface area (Å²) < 4.78 is 49.9. The Hall–Kier alpha value is -3.63. The van der Waals surface area contributed by atoms with Gasteiger partial charge in [-0.25, -0.2) is 0 Å². The number of amides is 1. The van der Waals surface area contributed by atoms with E-state index in [4.69, 9.17) is 9.47 Å². The van der Waals surface area contributed by atoms with E-state index >= 15 is 0 Å². The normalized spacial score (nSPS) is 15.6. The van der Waals surface area contributed by atoms with E-state index in [2.05, 4.69) is 20.7 Å². The predicted octanol–water partition coefficient (Wildman–Crippen LogP) is 2.32. The van der Waals surface area contributed by atoms with Crippen LogP contribution in [0.25, 0.3) is 11.4 Å². The van der Waals surface area contributed by atoms with Crippen LogP contribution in [0.2, 0.25) is 0 Å². The molecular formula is C19H16F3N5O3. The molecule has 156 valence electrons. The zero-order chi connectivity index (χ0) is 21.1. The van der Waals surface area contributed by atoms with Crippen LogP contribution < -0.4 is 14.8 Å². The van der Waals surface area contributed by atoms with Crippen molar-refractivity contribution < 1.29 is 27.4 Å². The number of halogens is 3. The van der Waals surface area contributed by atoms with Gasteiger partial charge in [-0.15, -0.1) is 10.2 Å². The molecule has 30 heavy (non-hydrogen) atoms. The highest BCUT2D eigenvalue weighted by Crippen LogP contribution is 2.31. The number of para-hydroxylation sites is 2. The first-order chi connectivity index (χ1) is 14.4. The van der Waals surface area contributed by atoms with Gasteiger partial charge in [0.2, 0.25) is 11.7 Å². The maximum atomic E-state index is 12.8. The summed E-state index contributed by atoms with van der Waals surface area (Å²) in [5.74, 6) is 0.848. The highest BCUT2D eigenvalue weighted by atomic mass is 19.4. The lowest BCUT2D eigenvalue weighted by atomic mass is 10.1. The molecule has 0 aliphatic carbocycles. The van der Waals surface area contributed by atoms with Crippen molar-refractivity contribution in [3.8, 4) is 22.9 Å². The van der Waals surface area contributed by atoms with E-state index in [1.807, 2.05) is 12.1 Å². The number of hydrogen-bond acceptors (Lipinski definition) is 6. The summed E-state index contributed by atoms with van der Waals surface area (Å²) in [7, 11) is 0. The average Bonchev–Trinajstić information content (AvgIpc) is 3.20. The molecule has 1 aliphatic rings. The third-order valence-electron chi connectivity index (χ3n) is 4.28. The highest BCUT2D eigenvalue weighted by molar-refractivity contribution is 5.75. The fraction of sp³-hybridized carbons (Fsp3) is 0.263. The fourth-order valence-corrected chi connectivity index (χ4v) is 2.84. The summed E-state index contributed by atoms with van der Waals surface area (Å²) >= 11 is 0. The summed E-state index contributed by atoms with van der Waals surface area (Å²) in [4.78, 5) is 13.2. The molecule has 1 aliphatic heterocycles. The maximum absolute atomic E-state index is 12.8. The Morgan fingerprint density at radius 2 is 1.97 bits per heavy atom. The van der Waals surface area contributed by atoms with Crippen molar-refractivity contribution in [2.75, 3.05) is 13.2 Å². The van der Waals surface area contributed by atoms with E-state index in [1.54, 1.807) is 12.1 Å². The largest absolute Gasteiger partial charge is 0.486 e. The van der Waals surface area contributed by atoms with Gasteiger partial charge in [0.25, 0.3) is 0 Å². The molecule has 1 atom stereocenters. The van der Waals surface area contributed by atoms with Crippen molar-refractivity contribution >= 4 is 5.91 Å². The fourth-order valence-electron chi connectivity index (χ4n) is 2.84. The van der Waals surface area contributed by atoms with Crippen LogP contribution >= 0.6 is 0 Å². The van der Waals surface area contributed by atoms with E-state index < -0.39 is 17.6 Å². The van der Waals surface area contributed by atoms with Crippen LogP contribution in [0, 0.1) is 0 Å². The lowest BCUT2D eigenvalue weighted by Crippen LogP contribution is -2.41. The Kier molecular flexibility index (Phi) is 5.25. The summed E-state index contributed by atoms with van der Waals surface area (Å²) in [6, 6.07) is 11.8. The van der Waals surface area contributed by atoms with Gasteiger partial charge in [0.1, 0.15) is 19.3 Å². The molecule has 0 saturated heterocycles. The second-order valence-corrected chi connectivity index (χ2v) is 6.52. The van der Waals surface area contributed by atoms with Crippen LogP contribution in [0.15, 0.2) is 48.5 Å². The third kappa shape index (κ3) is 4.50. The van der Waals surface area contributed by atoms with Gasteiger partial charge in [-0.2, -0.15) is 18.0 Å². The Labute approximate surface area is 168 Å². The number of hydrogen-bond donors (Lipinski definition) is 1. The number of nitrogens with one attached hydrogen (secondary N) is 1. The molecule has 0 spiro atoms. The molecule has 0 saturated carbocycles. The topological polar surface area (TPSA) is 91.2 Å². The van der Waals surface area contributed by atoms with E-state index in [0.717, 1.165) is 16.9 Å². The summed E-state index contributed by atoms with van der Waals surface area (Å²) in [5, 5.41) is 14.1. The number of ether oxygens (including phenoxy) is 2. The van der Waals surface area contributed by atoms with Crippen molar-refractivity contribution in [3.63, 3.8) is 0 Å². The number of carbonyl (C=O) groups excluding carboxylic acids is 1. The molecule has 4 rings (SSSR count). The van der Waals surface area contributed by atoms with Gasteiger partial charge < -0.3 is 14.8 Å². The number of rotatable bonds is 5. The highest BCUT2D eigenvalue weighted by Gasteiger charge is 2.30. The molecule has 1 amide bonds. The second kappa shape index (κ2) is 8.01. The molecule has 11 heteroatoms. The third-order valence-corrected chi connectivity index (χ3v) is 4.28. The predicted molar refractivity (Wildman–Crippen MR) is 97.6 cm³/mol. The molecule has 0 fully saturated rings. The quantitative estimate of drug-likeness (QED) is 0.683. The van der Waals surface area contributed by atoms with E-state index in [-0.39, 0.29) is 30.6 Å². The first-order valence-corrected chi connectivity index (χ1v) is 8.99. The van der Waals surface area contributed by atoms with Gasteiger partial charge in [0, 0.05) is 5.56 Å². The van der Waals surface area contributed by atoms with Crippen molar-refractivity contribution in [1.82, 2.24) is 25.5 Å². The van der Waals surface area contributed by atoms with Gasteiger partial charge in [-0.3, -0.25) is 4.79 Å². The number of fused-ring (bicyclic) bond motifs is 1. The van der Waals surface area contributed by atoms with Gasteiger partial charge in [-0.05, 0) is 29.5 Å². The first-order valence-electron chi connectivity index (χ1n) is 8.99. The maximum Gasteiger partial charge on any atom is 0.416 e. The molecule has 1 aromatic heterocycles. The van der Waals surface area contributed by atoms with Crippen LogP contribution in [0.4, 0.5) is 13.2 Å². The van der Waals surface area contributed by atoms with E-state index in [9.17, 15) is 18.0 Å². The Morgan fingerprint density at radius 1 is 1.17 bits per heavy atom. The minimum Gasteiger partial charge on any atom is -0.486 e. The molecule has 3 aromatic rings. The molecule has 2 aromatic carbocycles. The molecular weight excluding hydrogens is 403 g/mol. The Balaban J connectivity index is 1.33. The van der Waals surface area contributed by atoms with Crippen molar-refractivity contribution in [2.24, 2.45) is 0 Å². The minimum atomic E-state index is -4.47. The van der Waals surface area contributed by atoms with Gasteiger partial charge in [0.05, 0.1) is 12.1 Å². The van der Waals surface area contributed by atoms with Gasteiger partial charge >= 0.3 is 6.18 Å². The number of aromatic nitrogens is 4. The van der Waals surface area contributed by atoms with Crippen LogP contribution in [-0.2, 0) is 17.5 Å². The van der Waals surface area contributed by atoms with Crippen LogP contribution in [-0.4, -0.2) is 45.4 Å². The van der Waals surface area contributed by atoms with E-state index in [0.29, 0.717) is 18.1 Å². The van der Waals surface area contributed by atoms with Crippen molar-refractivity contribution in [3.05, 3.63) is 54.1 Å². The van der Waals surface area contributed by atoms with Crippen molar-refractivity contribution in [1.29, 1.82) is 0 Å². The average molecular weight is 419 g/mol. The van der Waals surface area contributed by atoms with Crippen LogP contribution in [0.3, 0.4) is 0 Å². The number of carbonyl (C=O) groups is 1. The monoisotopic (exact) mass is 419 g/mol. The zero-order valence-electron chi connectivity index (χ0n) is 15.5. The van der Waals surface area contributed by atoms with Crippen molar-refractivity contribution in [2.45, 2.75) is 18.8 Å². The lowest BCUT2D eigenvalue weighted by Gasteiger charge is -2.26. The molecule has 8 nitrogen and oxygen atoms in total. The number of alkyl halides is 3. The molecule has 0 radical (unpaired) electrons. The van der Waals surface area contributed by atoms with Crippen LogP contribution in [0.1, 0.15) is 5.56 Å². The zero-order valence-corrected chi connectivity index (χ0v) is 15.5. The van der Waals surface area contributed by atoms with Gasteiger partial charge in [0.15, 0.2) is 11.5 Å². The summed E-state index contributed by atoms with van der Waals surface area (Å²) in [6.45, 7) is 0.261. The standard InChI is InChI=1S/C19H16F3N5O3/c20-19(21,22)13-5-3-4-12(8-13)18-24-26-27(25-18)10-17(28)23-9-14-11-29-15-6-1-2-7-16(15)30-14/h1-8,14H,9-11H2,(H,23,28). The smallest absolute Gasteiger partial charge is 0.416 e. The Morgan fingerprint density at radius 3 is 2.77 bits per heavy atom. The SMILES string of the molecule is O=C(Cn1nnc(-c2cccc(C(F)(F)F)c2)n1)NCC1COc2ccccc2O1. The lowest BCUT2D eigenvalue weighted by molar-refractivity contribution is -0.137. The molecule has 1 N–H and O–H groups in total. The Bertz CT molecular complexity index is 1050. The first kappa shape index (κ1) is 19.7. The minimum absolute atomic E-state index is 0.00507. The number of nitrogens with zero attached hydrogens (tertiary/aromatic N) is 4.